The fourth-order valence-electron chi connectivity index (χ4n) is 2.00. The summed E-state index contributed by atoms with van der Waals surface area (Å²) in [5, 5.41) is 3.19. The maximum atomic E-state index is 13.1. The van der Waals surface area contributed by atoms with E-state index in [-0.39, 0.29) is 5.17 Å². The van der Waals surface area contributed by atoms with Gasteiger partial charge in [0.15, 0.2) is 5.17 Å². The fraction of sp³-hybridized carbons (Fsp3) is 0.167. The van der Waals surface area contributed by atoms with E-state index in [0.29, 0.717) is 12.3 Å². The molecular formula is C18H16F3N3OS. The van der Waals surface area contributed by atoms with E-state index >= 15 is 0 Å². The molecule has 0 bridgehead atoms. The molecule has 8 heteroatoms. The predicted molar refractivity (Wildman–Crippen MR) is 96.9 cm³/mol. The number of alkyl halides is 3. The summed E-state index contributed by atoms with van der Waals surface area (Å²) in [6.45, 7) is 3.97. The highest BCUT2D eigenvalue weighted by Crippen LogP contribution is 2.31. The third-order valence-electron chi connectivity index (χ3n) is 3.18. The van der Waals surface area contributed by atoms with Crippen LogP contribution in [0.3, 0.4) is 0 Å². The number of hydrogen-bond acceptors (Lipinski definition) is 3. The molecule has 2 aromatic rings. The van der Waals surface area contributed by atoms with Gasteiger partial charge in [-0.1, -0.05) is 48.2 Å². The van der Waals surface area contributed by atoms with E-state index in [9.17, 15) is 18.0 Å². The lowest BCUT2D eigenvalue weighted by molar-refractivity contribution is -0.138. The normalized spacial score (nSPS) is 11.9. The van der Waals surface area contributed by atoms with Gasteiger partial charge in [0.25, 0.3) is 5.91 Å². The van der Waals surface area contributed by atoms with E-state index < -0.39 is 23.2 Å². The van der Waals surface area contributed by atoms with Crippen LogP contribution in [0.15, 0.2) is 66.4 Å². The van der Waals surface area contributed by atoms with Crippen molar-refractivity contribution in [2.24, 2.45) is 4.99 Å². The summed E-state index contributed by atoms with van der Waals surface area (Å²) < 4.78 is 39.2. The molecule has 4 nitrogen and oxygen atoms in total. The van der Waals surface area contributed by atoms with Crippen molar-refractivity contribution in [3.05, 3.63) is 78.1 Å². The summed E-state index contributed by atoms with van der Waals surface area (Å²) in [4.78, 5) is 19.7. The Kier molecular flexibility index (Phi) is 6.97. The van der Waals surface area contributed by atoms with Gasteiger partial charge in [-0.2, -0.15) is 18.2 Å². The SMILES string of the molecule is C=CCS/C(=N\C(=O)c1cnccc1C(F)(F)F)NCc1ccccc1. The second-order valence-corrected chi connectivity index (χ2v) is 6.09. The van der Waals surface area contributed by atoms with Gasteiger partial charge in [-0.05, 0) is 11.6 Å². The molecule has 0 fully saturated rings. The Morgan fingerprint density at radius 1 is 1.27 bits per heavy atom. The lowest BCUT2D eigenvalue weighted by atomic mass is 10.1. The molecule has 0 spiro atoms. The number of carbonyl (C=O) groups is 1. The van der Waals surface area contributed by atoms with Crippen LogP contribution in [0.5, 0.6) is 0 Å². The number of aliphatic imine (C=N–C) groups is 1. The Labute approximate surface area is 153 Å². The molecular weight excluding hydrogens is 363 g/mol. The average Bonchev–Trinajstić information content (AvgIpc) is 2.64. The second-order valence-electron chi connectivity index (χ2n) is 5.08. The quantitative estimate of drug-likeness (QED) is 0.478. The van der Waals surface area contributed by atoms with Crippen molar-refractivity contribution in [1.82, 2.24) is 10.3 Å². The zero-order valence-corrected chi connectivity index (χ0v) is 14.5. The van der Waals surface area contributed by atoms with Crippen LogP contribution in [-0.2, 0) is 12.7 Å². The van der Waals surface area contributed by atoms with Crippen molar-refractivity contribution in [1.29, 1.82) is 0 Å². The van der Waals surface area contributed by atoms with Crippen molar-refractivity contribution in [3.8, 4) is 0 Å². The van der Waals surface area contributed by atoms with Gasteiger partial charge in [0.1, 0.15) is 0 Å². The molecule has 0 aliphatic carbocycles. The van der Waals surface area contributed by atoms with Crippen LogP contribution in [-0.4, -0.2) is 21.8 Å². The van der Waals surface area contributed by atoms with Crippen LogP contribution in [0, 0.1) is 0 Å². The van der Waals surface area contributed by atoms with Gasteiger partial charge < -0.3 is 5.32 Å². The number of pyridine rings is 1. The molecule has 0 unspecified atom stereocenters. The van der Waals surface area contributed by atoms with E-state index in [1.54, 1.807) is 6.08 Å². The number of nitrogens with zero attached hydrogens (tertiary/aromatic N) is 2. The minimum Gasteiger partial charge on any atom is -0.360 e. The zero-order chi connectivity index (χ0) is 19.0. The Morgan fingerprint density at radius 3 is 2.65 bits per heavy atom. The van der Waals surface area contributed by atoms with Crippen LogP contribution >= 0.6 is 11.8 Å². The summed E-state index contributed by atoms with van der Waals surface area (Å²) in [5.41, 5.74) is -0.695. The first-order valence-corrected chi connectivity index (χ1v) is 8.56. The van der Waals surface area contributed by atoms with Gasteiger partial charge in [-0.3, -0.25) is 9.78 Å². The summed E-state index contributed by atoms with van der Waals surface area (Å²) in [6, 6.07) is 10.1. The molecule has 1 amide bonds. The fourth-order valence-corrected chi connectivity index (χ4v) is 2.60. The van der Waals surface area contributed by atoms with Crippen molar-refractivity contribution in [2.45, 2.75) is 12.7 Å². The highest BCUT2D eigenvalue weighted by molar-refractivity contribution is 8.13. The summed E-state index contributed by atoms with van der Waals surface area (Å²) >= 11 is 1.18. The molecule has 1 aromatic carbocycles. The van der Waals surface area contributed by atoms with E-state index in [1.807, 2.05) is 30.3 Å². The Hall–Kier alpha value is -2.61. The van der Waals surface area contributed by atoms with Gasteiger partial charge in [-0.25, -0.2) is 0 Å². The molecule has 0 radical (unpaired) electrons. The third kappa shape index (κ3) is 5.73. The number of rotatable bonds is 5. The van der Waals surface area contributed by atoms with E-state index in [0.717, 1.165) is 24.0 Å². The summed E-state index contributed by atoms with van der Waals surface area (Å²) in [6.07, 6.45) is -1.18. The van der Waals surface area contributed by atoms with E-state index in [4.69, 9.17) is 0 Å². The standard InChI is InChI=1S/C18H16F3N3OS/c1-2-10-26-17(23-11-13-6-4-3-5-7-13)24-16(25)14-12-22-9-8-15(14)18(19,20)21/h2-9,12H,1,10-11H2,(H,23,24,25). The van der Waals surface area contributed by atoms with Gasteiger partial charge in [0, 0.05) is 24.7 Å². The number of amides is 1. The van der Waals surface area contributed by atoms with Crippen molar-refractivity contribution >= 4 is 22.8 Å². The molecule has 1 aromatic heterocycles. The van der Waals surface area contributed by atoms with E-state index in [2.05, 4.69) is 21.9 Å². The maximum absolute atomic E-state index is 13.1. The molecule has 1 N–H and O–H groups in total. The third-order valence-corrected chi connectivity index (χ3v) is 4.10. The number of amidine groups is 1. The maximum Gasteiger partial charge on any atom is 0.417 e. The molecule has 2 rings (SSSR count). The van der Waals surface area contributed by atoms with E-state index in [1.165, 1.54) is 11.8 Å². The Bertz CT molecular complexity index is 792. The van der Waals surface area contributed by atoms with Crippen molar-refractivity contribution in [3.63, 3.8) is 0 Å². The number of nitrogens with one attached hydrogen (secondary N) is 1. The summed E-state index contributed by atoms with van der Waals surface area (Å²) in [7, 11) is 0. The number of aromatic nitrogens is 1. The smallest absolute Gasteiger partial charge is 0.360 e. The molecule has 0 aliphatic rings. The van der Waals surface area contributed by atoms with Gasteiger partial charge in [-0.15, -0.1) is 6.58 Å². The molecule has 0 saturated heterocycles. The number of carbonyl (C=O) groups excluding carboxylic acids is 1. The number of hydrogen-bond donors (Lipinski definition) is 1. The van der Waals surface area contributed by atoms with Crippen molar-refractivity contribution < 1.29 is 18.0 Å². The molecule has 0 aliphatic heterocycles. The number of benzene rings is 1. The topological polar surface area (TPSA) is 54.4 Å². The average molecular weight is 379 g/mol. The Morgan fingerprint density at radius 2 is 2.00 bits per heavy atom. The number of thioether (sulfide) groups is 1. The first kappa shape index (κ1) is 19.7. The van der Waals surface area contributed by atoms with Crippen LogP contribution in [0.4, 0.5) is 13.2 Å². The van der Waals surface area contributed by atoms with Gasteiger partial charge in [0.05, 0.1) is 11.1 Å². The minimum absolute atomic E-state index is 0.218. The highest BCUT2D eigenvalue weighted by atomic mass is 32.2. The minimum atomic E-state index is -4.66. The second kappa shape index (κ2) is 9.19. The molecule has 26 heavy (non-hydrogen) atoms. The van der Waals surface area contributed by atoms with Gasteiger partial charge in [0.2, 0.25) is 0 Å². The van der Waals surface area contributed by atoms with Crippen LogP contribution in [0.25, 0.3) is 0 Å². The predicted octanol–water partition coefficient (Wildman–Crippen LogP) is 4.31. The van der Waals surface area contributed by atoms with Gasteiger partial charge >= 0.3 is 6.18 Å². The first-order chi connectivity index (χ1) is 12.4. The monoisotopic (exact) mass is 379 g/mol. The van der Waals surface area contributed by atoms with Crippen molar-refractivity contribution in [2.75, 3.05) is 5.75 Å². The molecule has 0 atom stereocenters. The molecule has 1 heterocycles. The number of halogens is 3. The Balaban J connectivity index is 2.23. The lowest BCUT2D eigenvalue weighted by Gasteiger charge is -2.11. The largest absolute Gasteiger partial charge is 0.417 e. The lowest BCUT2D eigenvalue weighted by Crippen LogP contribution is -2.22. The zero-order valence-electron chi connectivity index (χ0n) is 13.7. The van der Waals surface area contributed by atoms with Crippen LogP contribution < -0.4 is 5.32 Å². The molecule has 0 saturated carbocycles. The van der Waals surface area contributed by atoms with Crippen LogP contribution in [0.1, 0.15) is 21.5 Å². The van der Waals surface area contributed by atoms with Crippen LogP contribution in [0.2, 0.25) is 0 Å². The first-order valence-electron chi connectivity index (χ1n) is 7.57. The molecule has 136 valence electrons. The summed E-state index contributed by atoms with van der Waals surface area (Å²) in [5.74, 6) is -0.551. The highest BCUT2D eigenvalue weighted by Gasteiger charge is 2.35.